The third kappa shape index (κ3) is 2.63. The number of hydrogen-bond donors (Lipinski definition) is 1. The second-order valence-electron chi connectivity index (χ2n) is 4.83. The van der Waals surface area contributed by atoms with Gasteiger partial charge in [0.2, 0.25) is 0 Å². The van der Waals surface area contributed by atoms with Crippen molar-refractivity contribution in [3.63, 3.8) is 0 Å². The molecule has 1 aliphatic carbocycles. The van der Waals surface area contributed by atoms with Gasteiger partial charge >= 0.3 is 0 Å². The van der Waals surface area contributed by atoms with Crippen molar-refractivity contribution in [3.05, 3.63) is 35.4 Å². The minimum Gasteiger partial charge on any atom is -0.380 e. The molecule has 2 rings (SSSR count). The van der Waals surface area contributed by atoms with Crippen LogP contribution in [0.2, 0.25) is 0 Å². The zero-order chi connectivity index (χ0) is 11.5. The summed E-state index contributed by atoms with van der Waals surface area (Å²) in [4.78, 5) is 0. The molecule has 2 atom stereocenters. The fourth-order valence-electron chi connectivity index (χ4n) is 2.35. The molecule has 0 amide bonds. The van der Waals surface area contributed by atoms with Gasteiger partial charge in [-0.2, -0.15) is 0 Å². The lowest BCUT2D eigenvalue weighted by atomic mass is 9.96. The van der Waals surface area contributed by atoms with Crippen molar-refractivity contribution in [1.82, 2.24) is 0 Å². The highest BCUT2D eigenvalue weighted by Crippen LogP contribution is 2.35. The summed E-state index contributed by atoms with van der Waals surface area (Å²) in [6, 6.07) is 8.57. The molecule has 0 heterocycles. The Labute approximate surface area is 97.8 Å². The highest BCUT2D eigenvalue weighted by atomic mass is 16.5. The molecule has 1 aromatic rings. The largest absolute Gasteiger partial charge is 0.380 e. The SMILES string of the molecule is COC(C(N)Cc1ccccc1C)C1CC1. The van der Waals surface area contributed by atoms with Crippen molar-refractivity contribution in [2.75, 3.05) is 7.11 Å². The molecule has 1 fully saturated rings. The summed E-state index contributed by atoms with van der Waals surface area (Å²) in [6.45, 7) is 2.14. The molecule has 2 unspecified atom stereocenters. The van der Waals surface area contributed by atoms with E-state index in [9.17, 15) is 0 Å². The molecule has 0 saturated heterocycles. The van der Waals surface area contributed by atoms with Crippen LogP contribution in [-0.2, 0) is 11.2 Å². The van der Waals surface area contributed by atoms with Gasteiger partial charge in [0.05, 0.1) is 6.10 Å². The molecule has 0 bridgehead atoms. The first-order chi connectivity index (χ1) is 7.72. The van der Waals surface area contributed by atoms with Crippen LogP contribution in [-0.4, -0.2) is 19.3 Å². The van der Waals surface area contributed by atoms with Gasteiger partial charge in [0.1, 0.15) is 0 Å². The van der Waals surface area contributed by atoms with E-state index < -0.39 is 0 Å². The predicted molar refractivity (Wildman–Crippen MR) is 66.4 cm³/mol. The van der Waals surface area contributed by atoms with Gasteiger partial charge in [0, 0.05) is 13.2 Å². The number of aryl methyl sites for hydroxylation is 1. The summed E-state index contributed by atoms with van der Waals surface area (Å²) >= 11 is 0. The predicted octanol–water partition coefficient (Wildman–Crippen LogP) is 2.29. The van der Waals surface area contributed by atoms with Gasteiger partial charge in [0.25, 0.3) is 0 Å². The Balaban J connectivity index is 2.00. The fraction of sp³-hybridized carbons (Fsp3) is 0.571. The smallest absolute Gasteiger partial charge is 0.0753 e. The van der Waals surface area contributed by atoms with Crippen LogP contribution in [0.5, 0.6) is 0 Å². The molecule has 0 radical (unpaired) electrons. The van der Waals surface area contributed by atoms with Crippen molar-refractivity contribution >= 4 is 0 Å². The maximum absolute atomic E-state index is 6.25. The Morgan fingerprint density at radius 2 is 2.06 bits per heavy atom. The molecule has 0 aromatic heterocycles. The quantitative estimate of drug-likeness (QED) is 0.824. The van der Waals surface area contributed by atoms with E-state index in [1.165, 1.54) is 24.0 Å². The molecular formula is C14H21NO. The number of ether oxygens (including phenoxy) is 1. The Hall–Kier alpha value is -0.860. The zero-order valence-electron chi connectivity index (χ0n) is 10.1. The molecule has 1 aromatic carbocycles. The minimum absolute atomic E-state index is 0.124. The summed E-state index contributed by atoms with van der Waals surface area (Å²) in [5.74, 6) is 0.698. The zero-order valence-corrected chi connectivity index (χ0v) is 10.1. The Bertz CT molecular complexity index is 346. The summed E-state index contributed by atoms with van der Waals surface area (Å²) in [5.41, 5.74) is 8.91. The van der Waals surface area contributed by atoms with E-state index in [1.807, 2.05) is 0 Å². The van der Waals surface area contributed by atoms with Gasteiger partial charge in [-0.05, 0) is 43.2 Å². The fourth-order valence-corrected chi connectivity index (χ4v) is 2.35. The summed E-state index contributed by atoms with van der Waals surface area (Å²) in [7, 11) is 1.78. The highest BCUT2D eigenvalue weighted by Gasteiger charge is 2.35. The van der Waals surface area contributed by atoms with Crippen LogP contribution in [0.1, 0.15) is 24.0 Å². The monoisotopic (exact) mass is 219 g/mol. The Morgan fingerprint density at radius 3 is 2.62 bits per heavy atom. The molecular weight excluding hydrogens is 198 g/mol. The third-order valence-corrected chi connectivity index (χ3v) is 3.50. The van der Waals surface area contributed by atoms with E-state index in [4.69, 9.17) is 10.5 Å². The highest BCUT2D eigenvalue weighted by molar-refractivity contribution is 5.26. The average molecular weight is 219 g/mol. The molecule has 0 spiro atoms. The normalized spacial score (nSPS) is 19.4. The van der Waals surface area contributed by atoms with Crippen LogP contribution >= 0.6 is 0 Å². The molecule has 1 aliphatic rings. The Kier molecular flexibility index (Phi) is 3.62. The lowest BCUT2D eigenvalue weighted by Crippen LogP contribution is -2.39. The maximum atomic E-state index is 6.25. The van der Waals surface area contributed by atoms with E-state index in [0.717, 1.165) is 6.42 Å². The van der Waals surface area contributed by atoms with E-state index in [-0.39, 0.29) is 12.1 Å². The number of rotatable bonds is 5. The van der Waals surface area contributed by atoms with Gasteiger partial charge in [0.15, 0.2) is 0 Å². The molecule has 16 heavy (non-hydrogen) atoms. The average Bonchev–Trinajstić information content (AvgIpc) is 3.07. The van der Waals surface area contributed by atoms with Crippen LogP contribution in [0, 0.1) is 12.8 Å². The van der Waals surface area contributed by atoms with E-state index in [0.29, 0.717) is 5.92 Å². The summed E-state index contributed by atoms with van der Waals surface area (Å²) < 4.78 is 5.52. The van der Waals surface area contributed by atoms with Crippen molar-refractivity contribution in [3.8, 4) is 0 Å². The number of methoxy groups -OCH3 is 1. The first-order valence-electron chi connectivity index (χ1n) is 6.05. The second kappa shape index (κ2) is 4.98. The van der Waals surface area contributed by atoms with Crippen molar-refractivity contribution in [1.29, 1.82) is 0 Å². The lowest BCUT2D eigenvalue weighted by molar-refractivity contribution is 0.0626. The number of benzene rings is 1. The molecule has 2 N–H and O–H groups in total. The van der Waals surface area contributed by atoms with E-state index in [2.05, 4.69) is 31.2 Å². The molecule has 0 aliphatic heterocycles. The molecule has 2 heteroatoms. The van der Waals surface area contributed by atoms with Crippen LogP contribution in [0.25, 0.3) is 0 Å². The number of hydrogen-bond acceptors (Lipinski definition) is 2. The third-order valence-electron chi connectivity index (χ3n) is 3.50. The standard InChI is InChI=1S/C14H21NO/c1-10-5-3-4-6-12(10)9-13(15)14(16-2)11-7-8-11/h3-6,11,13-14H,7-9,15H2,1-2H3. The Morgan fingerprint density at radius 1 is 1.38 bits per heavy atom. The molecule has 2 nitrogen and oxygen atoms in total. The van der Waals surface area contributed by atoms with Gasteiger partial charge in [-0.25, -0.2) is 0 Å². The van der Waals surface area contributed by atoms with Gasteiger partial charge in [-0.1, -0.05) is 24.3 Å². The van der Waals surface area contributed by atoms with Gasteiger partial charge < -0.3 is 10.5 Å². The van der Waals surface area contributed by atoms with Crippen LogP contribution in [0.3, 0.4) is 0 Å². The van der Waals surface area contributed by atoms with E-state index >= 15 is 0 Å². The van der Waals surface area contributed by atoms with Crippen LogP contribution in [0.4, 0.5) is 0 Å². The van der Waals surface area contributed by atoms with Gasteiger partial charge in [-0.15, -0.1) is 0 Å². The minimum atomic E-state index is 0.124. The first-order valence-corrected chi connectivity index (χ1v) is 6.05. The number of nitrogens with two attached hydrogens (primary N) is 1. The van der Waals surface area contributed by atoms with Crippen molar-refractivity contribution < 1.29 is 4.74 Å². The second-order valence-corrected chi connectivity index (χ2v) is 4.83. The molecule has 1 saturated carbocycles. The van der Waals surface area contributed by atoms with E-state index in [1.54, 1.807) is 7.11 Å². The van der Waals surface area contributed by atoms with Crippen molar-refractivity contribution in [2.24, 2.45) is 11.7 Å². The lowest BCUT2D eigenvalue weighted by Gasteiger charge is -2.23. The first kappa shape index (κ1) is 11.6. The summed E-state index contributed by atoms with van der Waals surface area (Å²) in [5, 5.41) is 0. The molecule has 88 valence electrons. The van der Waals surface area contributed by atoms with Crippen molar-refractivity contribution in [2.45, 2.75) is 38.3 Å². The van der Waals surface area contributed by atoms with Crippen LogP contribution < -0.4 is 5.73 Å². The maximum Gasteiger partial charge on any atom is 0.0753 e. The van der Waals surface area contributed by atoms with Gasteiger partial charge in [-0.3, -0.25) is 0 Å². The topological polar surface area (TPSA) is 35.2 Å². The van der Waals surface area contributed by atoms with Crippen LogP contribution in [0.15, 0.2) is 24.3 Å². The summed E-state index contributed by atoms with van der Waals surface area (Å²) in [6.07, 6.45) is 3.71.